The highest BCUT2D eigenvalue weighted by Gasteiger charge is 2.11. The molecule has 0 atom stereocenters. The highest BCUT2D eigenvalue weighted by Crippen LogP contribution is 2.34. The van der Waals surface area contributed by atoms with E-state index in [1.54, 1.807) is 13.2 Å². The van der Waals surface area contributed by atoms with Gasteiger partial charge in [-0.15, -0.1) is 24.0 Å². The van der Waals surface area contributed by atoms with Crippen LogP contribution in [0, 0.1) is 6.92 Å². The Bertz CT molecular complexity index is 328. The monoisotopic (exact) mass is 255 g/mol. The molecule has 0 bridgehead atoms. The zero-order chi connectivity index (χ0) is 10.0. The third kappa shape index (κ3) is 2.38. The lowest BCUT2D eigenvalue weighted by Crippen LogP contribution is -1.99. The second-order valence-electron chi connectivity index (χ2n) is 2.71. The molecule has 0 aromatic heterocycles. The normalized spacial score (nSPS) is 9.43. The highest BCUT2D eigenvalue weighted by molar-refractivity contribution is 6.32. The molecule has 0 amide bonds. The van der Waals surface area contributed by atoms with Gasteiger partial charge in [-0.25, -0.2) is 0 Å². The van der Waals surface area contributed by atoms with Crippen molar-refractivity contribution in [2.75, 3.05) is 12.8 Å². The summed E-state index contributed by atoms with van der Waals surface area (Å²) in [6.45, 7) is 1.88. The molecule has 0 fully saturated rings. The molecule has 2 N–H and O–H groups in total. The largest absolute Gasteiger partial charge is 0.495 e. The van der Waals surface area contributed by atoms with Crippen molar-refractivity contribution in [3.8, 4) is 5.75 Å². The Labute approximate surface area is 99.7 Å². The van der Waals surface area contributed by atoms with Gasteiger partial charge >= 0.3 is 0 Å². The molecule has 0 aliphatic heterocycles. The number of anilines is 1. The number of methoxy groups -OCH3 is 1. The smallest absolute Gasteiger partial charge is 0.143 e. The lowest BCUT2D eigenvalue weighted by Gasteiger charge is -2.12. The summed E-state index contributed by atoms with van der Waals surface area (Å²) < 4.78 is 5.06. The predicted molar refractivity (Wildman–Crippen MR) is 64.0 cm³/mol. The Morgan fingerprint density at radius 3 is 2.50 bits per heavy atom. The van der Waals surface area contributed by atoms with Crippen molar-refractivity contribution >= 4 is 41.3 Å². The molecule has 0 radical (unpaired) electrons. The van der Waals surface area contributed by atoms with Gasteiger partial charge in [-0.2, -0.15) is 0 Å². The maximum atomic E-state index is 5.95. The van der Waals surface area contributed by atoms with Crippen LogP contribution in [0.3, 0.4) is 0 Å². The van der Waals surface area contributed by atoms with Gasteiger partial charge in [0.25, 0.3) is 0 Å². The van der Waals surface area contributed by atoms with Gasteiger partial charge in [-0.1, -0.05) is 11.6 Å². The minimum atomic E-state index is 0. The number of benzene rings is 1. The van der Waals surface area contributed by atoms with E-state index in [9.17, 15) is 0 Å². The van der Waals surface area contributed by atoms with Crippen LogP contribution in [0.25, 0.3) is 0 Å². The van der Waals surface area contributed by atoms with Crippen molar-refractivity contribution in [1.82, 2.24) is 0 Å². The molecule has 1 aromatic carbocycles. The summed E-state index contributed by atoms with van der Waals surface area (Å²) in [6.07, 6.45) is 0. The molecular weight excluding hydrogens is 244 g/mol. The number of nitrogen functional groups attached to an aromatic ring is 1. The molecule has 0 heterocycles. The molecule has 0 aliphatic rings. The van der Waals surface area contributed by atoms with E-state index >= 15 is 0 Å². The standard InChI is InChI=1S/C9H11Cl2NO.ClH/c1-5-6(4-10)9(12)8(13-2)3-7(5)11;/h3H,4,12H2,1-2H3;1H. The second-order valence-corrected chi connectivity index (χ2v) is 3.39. The quantitative estimate of drug-likeness (QED) is 0.650. The summed E-state index contributed by atoms with van der Waals surface area (Å²) >= 11 is 11.7. The van der Waals surface area contributed by atoms with Gasteiger partial charge in [0.15, 0.2) is 0 Å². The summed E-state index contributed by atoms with van der Waals surface area (Å²) in [5.74, 6) is 0.917. The molecule has 0 aliphatic carbocycles. The molecule has 0 saturated heterocycles. The van der Waals surface area contributed by atoms with Crippen LogP contribution in [0.4, 0.5) is 5.69 Å². The van der Waals surface area contributed by atoms with E-state index in [2.05, 4.69) is 0 Å². The van der Waals surface area contributed by atoms with E-state index in [-0.39, 0.29) is 12.4 Å². The number of rotatable bonds is 2. The summed E-state index contributed by atoms with van der Waals surface area (Å²) in [5, 5.41) is 0.627. The lowest BCUT2D eigenvalue weighted by molar-refractivity contribution is 0.416. The van der Waals surface area contributed by atoms with Crippen LogP contribution in [0.5, 0.6) is 5.75 Å². The fourth-order valence-electron chi connectivity index (χ4n) is 1.14. The average Bonchev–Trinajstić information content (AvgIpc) is 2.12. The van der Waals surface area contributed by atoms with Crippen LogP contribution >= 0.6 is 35.6 Å². The Hall–Kier alpha value is -0.310. The average molecular weight is 257 g/mol. The number of hydrogen-bond acceptors (Lipinski definition) is 2. The van der Waals surface area contributed by atoms with E-state index in [4.69, 9.17) is 33.7 Å². The molecule has 0 unspecified atom stereocenters. The summed E-state index contributed by atoms with van der Waals surface area (Å²) in [5.41, 5.74) is 8.13. The van der Waals surface area contributed by atoms with Crippen molar-refractivity contribution < 1.29 is 4.74 Å². The number of ether oxygens (including phenoxy) is 1. The fourth-order valence-corrected chi connectivity index (χ4v) is 1.69. The topological polar surface area (TPSA) is 35.2 Å². The minimum Gasteiger partial charge on any atom is -0.495 e. The third-order valence-electron chi connectivity index (χ3n) is 2.01. The van der Waals surface area contributed by atoms with Crippen molar-refractivity contribution in [3.05, 3.63) is 22.2 Å². The molecule has 0 saturated carbocycles. The zero-order valence-electron chi connectivity index (χ0n) is 7.93. The molecule has 0 spiro atoms. The van der Waals surface area contributed by atoms with Gasteiger partial charge in [0.05, 0.1) is 12.8 Å². The van der Waals surface area contributed by atoms with Crippen molar-refractivity contribution in [1.29, 1.82) is 0 Å². The predicted octanol–water partition coefficient (Wildman–Crippen LogP) is 3.40. The number of alkyl halides is 1. The SMILES string of the molecule is COc1cc(Cl)c(C)c(CCl)c1N.Cl. The van der Waals surface area contributed by atoms with Crippen LogP contribution in [0.15, 0.2) is 6.07 Å². The second kappa shape index (κ2) is 5.54. The maximum absolute atomic E-state index is 5.95. The zero-order valence-corrected chi connectivity index (χ0v) is 10.3. The molecular formula is C9H12Cl3NO. The van der Waals surface area contributed by atoms with Crippen LogP contribution in [-0.4, -0.2) is 7.11 Å². The number of hydrogen-bond donors (Lipinski definition) is 1. The van der Waals surface area contributed by atoms with Crippen LogP contribution < -0.4 is 10.5 Å². The van der Waals surface area contributed by atoms with E-state index in [0.29, 0.717) is 22.3 Å². The van der Waals surface area contributed by atoms with Gasteiger partial charge in [-0.05, 0) is 18.1 Å². The highest BCUT2D eigenvalue weighted by atomic mass is 35.5. The van der Waals surface area contributed by atoms with E-state index in [1.165, 1.54) is 0 Å². The van der Waals surface area contributed by atoms with E-state index in [0.717, 1.165) is 11.1 Å². The number of halogens is 3. The molecule has 5 heteroatoms. The van der Waals surface area contributed by atoms with Crippen molar-refractivity contribution in [2.24, 2.45) is 0 Å². The third-order valence-corrected chi connectivity index (χ3v) is 2.67. The van der Waals surface area contributed by atoms with Gasteiger partial charge in [0, 0.05) is 17.0 Å². The van der Waals surface area contributed by atoms with Gasteiger partial charge in [0.1, 0.15) is 5.75 Å². The molecule has 80 valence electrons. The van der Waals surface area contributed by atoms with Gasteiger partial charge < -0.3 is 10.5 Å². The number of nitrogens with two attached hydrogens (primary N) is 1. The summed E-state index contributed by atoms with van der Waals surface area (Å²) in [4.78, 5) is 0. The Kier molecular flexibility index (Phi) is 5.42. The first kappa shape index (κ1) is 13.7. The first-order chi connectivity index (χ1) is 6.11. The van der Waals surface area contributed by atoms with Crippen LogP contribution in [0.2, 0.25) is 5.02 Å². The first-order valence-electron chi connectivity index (χ1n) is 3.79. The van der Waals surface area contributed by atoms with Crippen LogP contribution in [-0.2, 0) is 5.88 Å². The molecule has 1 aromatic rings. The molecule has 14 heavy (non-hydrogen) atoms. The minimum absolute atomic E-state index is 0. The van der Waals surface area contributed by atoms with Gasteiger partial charge in [0.2, 0.25) is 0 Å². The van der Waals surface area contributed by atoms with Crippen molar-refractivity contribution in [2.45, 2.75) is 12.8 Å². The van der Waals surface area contributed by atoms with E-state index in [1.807, 2.05) is 6.92 Å². The Balaban J connectivity index is 0.00000169. The first-order valence-corrected chi connectivity index (χ1v) is 4.70. The van der Waals surface area contributed by atoms with Crippen LogP contribution in [0.1, 0.15) is 11.1 Å². The molecule has 2 nitrogen and oxygen atoms in total. The molecule has 1 rings (SSSR count). The lowest BCUT2D eigenvalue weighted by atomic mass is 10.1. The summed E-state index contributed by atoms with van der Waals surface area (Å²) in [7, 11) is 1.55. The fraction of sp³-hybridized carbons (Fsp3) is 0.333. The Morgan fingerprint density at radius 1 is 1.50 bits per heavy atom. The summed E-state index contributed by atoms with van der Waals surface area (Å²) in [6, 6.07) is 1.70. The van der Waals surface area contributed by atoms with Gasteiger partial charge in [-0.3, -0.25) is 0 Å². The van der Waals surface area contributed by atoms with E-state index < -0.39 is 0 Å². The maximum Gasteiger partial charge on any atom is 0.143 e. The Morgan fingerprint density at radius 2 is 2.07 bits per heavy atom. The van der Waals surface area contributed by atoms with Crippen molar-refractivity contribution in [3.63, 3.8) is 0 Å².